The van der Waals surface area contributed by atoms with Crippen LogP contribution in [0, 0.1) is 0 Å². The first-order valence-corrected chi connectivity index (χ1v) is 7.38. The van der Waals surface area contributed by atoms with Gasteiger partial charge in [0.05, 0.1) is 25.6 Å². The number of nitrogens with one attached hydrogen (secondary N) is 1. The molecule has 1 aromatic heterocycles. The molecule has 7 heteroatoms. The van der Waals surface area contributed by atoms with Crippen molar-refractivity contribution in [2.45, 2.75) is 12.8 Å². The second-order valence-electron chi connectivity index (χ2n) is 4.25. The van der Waals surface area contributed by atoms with Gasteiger partial charge in [0.2, 0.25) is 5.91 Å². The molecule has 0 bridgehead atoms. The van der Waals surface area contributed by atoms with E-state index in [-0.39, 0.29) is 24.7 Å². The molecular weight excluding hydrogens is 312 g/mol. The van der Waals surface area contributed by atoms with Gasteiger partial charge < -0.3 is 10.1 Å². The van der Waals surface area contributed by atoms with Crippen molar-refractivity contribution in [1.82, 2.24) is 4.98 Å². The lowest BCUT2D eigenvalue weighted by atomic mass is 10.1. The topological polar surface area (TPSA) is 68.3 Å². The number of nitrogens with zero attached hydrogens (tertiary/aromatic N) is 1. The summed E-state index contributed by atoms with van der Waals surface area (Å²) < 4.78 is 4.56. The van der Waals surface area contributed by atoms with Crippen molar-refractivity contribution < 1.29 is 14.3 Å². The van der Waals surface area contributed by atoms with Crippen LogP contribution in [0.2, 0.25) is 5.02 Å². The van der Waals surface area contributed by atoms with E-state index >= 15 is 0 Å². The molecule has 2 rings (SSSR count). The number of thiazole rings is 1. The highest BCUT2D eigenvalue weighted by Crippen LogP contribution is 2.17. The number of carbonyl (C=O) groups excluding carboxylic acids is 2. The number of halogens is 1. The molecule has 0 aliphatic carbocycles. The molecule has 2 aromatic rings. The first kappa shape index (κ1) is 15.5. The van der Waals surface area contributed by atoms with Crippen molar-refractivity contribution in [3.63, 3.8) is 0 Å². The van der Waals surface area contributed by atoms with Crippen molar-refractivity contribution in [3.05, 3.63) is 45.9 Å². The van der Waals surface area contributed by atoms with Gasteiger partial charge in [0.1, 0.15) is 0 Å². The van der Waals surface area contributed by atoms with Gasteiger partial charge in [-0.3, -0.25) is 9.59 Å². The monoisotopic (exact) mass is 324 g/mol. The Morgan fingerprint density at radius 3 is 2.90 bits per heavy atom. The molecule has 21 heavy (non-hydrogen) atoms. The fourth-order valence-corrected chi connectivity index (χ4v) is 2.60. The Morgan fingerprint density at radius 2 is 2.19 bits per heavy atom. The van der Waals surface area contributed by atoms with E-state index in [2.05, 4.69) is 15.0 Å². The Bertz CT molecular complexity index is 657. The number of rotatable bonds is 5. The summed E-state index contributed by atoms with van der Waals surface area (Å²) in [5.41, 5.74) is 1.40. The number of anilines is 1. The third-order valence-electron chi connectivity index (χ3n) is 2.60. The molecule has 0 fully saturated rings. The van der Waals surface area contributed by atoms with Crippen LogP contribution in [-0.4, -0.2) is 24.0 Å². The standard InChI is InChI=1S/C14H13ClN2O3S/c1-20-13(19)7-11-8-21-14(16-11)17-12(18)6-9-3-2-4-10(15)5-9/h2-5,8H,6-7H2,1H3,(H,16,17,18). The summed E-state index contributed by atoms with van der Waals surface area (Å²) >= 11 is 7.14. The number of methoxy groups -OCH3 is 1. The van der Waals surface area contributed by atoms with Gasteiger partial charge in [-0.25, -0.2) is 4.98 Å². The molecule has 0 spiro atoms. The zero-order chi connectivity index (χ0) is 15.2. The van der Waals surface area contributed by atoms with Gasteiger partial charge in [-0.2, -0.15) is 0 Å². The molecule has 1 heterocycles. The van der Waals surface area contributed by atoms with Gasteiger partial charge in [-0.1, -0.05) is 23.7 Å². The molecule has 1 aromatic carbocycles. The summed E-state index contributed by atoms with van der Waals surface area (Å²) in [5.74, 6) is -0.548. The van der Waals surface area contributed by atoms with E-state index in [0.717, 1.165) is 5.56 Å². The van der Waals surface area contributed by atoms with Crippen LogP contribution in [-0.2, 0) is 27.2 Å². The Balaban J connectivity index is 1.92. The average molecular weight is 325 g/mol. The lowest BCUT2D eigenvalue weighted by molar-refractivity contribution is -0.139. The van der Waals surface area contributed by atoms with E-state index in [9.17, 15) is 9.59 Å². The molecule has 0 aliphatic rings. The highest BCUT2D eigenvalue weighted by Gasteiger charge is 2.10. The van der Waals surface area contributed by atoms with E-state index in [0.29, 0.717) is 15.8 Å². The molecule has 0 saturated heterocycles. The maximum absolute atomic E-state index is 11.9. The fraction of sp³-hybridized carbons (Fsp3) is 0.214. The van der Waals surface area contributed by atoms with E-state index < -0.39 is 0 Å². The van der Waals surface area contributed by atoms with Crippen LogP contribution >= 0.6 is 22.9 Å². The second-order valence-corrected chi connectivity index (χ2v) is 5.55. The number of benzene rings is 1. The molecular formula is C14H13ClN2O3S. The minimum Gasteiger partial charge on any atom is -0.469 e. The highest BCUT2D eigenvalue weighted by atomic mass is 35.5. The van der Waals surface area contributed by atoms with Crippen LogP contribution in [0.5, 0.6) is 0 Å². The molecule has 0 unspecified atom stereocenters. The number of hydrogen-bond donors (Lipinski definition) is 1. The number of esters is 1. The first-order chi connectivity index (χ1) is 10.1. The summed E-state index contributed by atoms with van der Waals surface area (Å²) in [4.78, 5) is 27.2. The van der Waals surface area contributed by atoms with E-state index in [1.54, 1.807) is 23.6 Å². The third kappa shape index (κ3) is 4.84. The maximum atomic E-state index is 11.9. The molecule has 1 N–H and O–H groups in total. The highest BCUT2D eigenvalue weighted by molar-refractivity contribution is 7.13. The van der Waals surface area contributed by atoms with Crippen LogP contribution in [0.1, 0.15) is 11.3 Å². The molecule has 0 aliphatic heterocycles. The molecule has 5 nitrogen and oxygen atoms in total. The van der Waals surface area contributed by atoms with Gasteiger partial charge in [0, 0.05) is 10.4 Å². The van der Waals surface area contributed by atoms with Crippen molar-refractivity contribution in [3.8, 4) is 0 Å². The van der Waals surface area contributed by atoms with Crippen molar-refractivity contribution in [1.29, 1.82) is 0 Å². The summed E-state index contributed by atoms with van der Waals surface area (Å²) in [6.07, 6.45) is 0.309. The summed E-state index contributed by atoms with van der Waals surface area (Å²) in [5, 5.41) is 5.46. The van der Waals surface area contributed by atoms with Crippen LogP contribution < -0.4 is 5.32 Å². The minimum atomic E-state index is -0.364. The number of amides is 1. The van der Waals surface area contributed by atoms with E-state index in [4.69, 9.17) is 11.6 Å². The summed E-state index contributed by atoms with van der Waals surface area (Å²) in [6.45, 7) is 0. The van der Waals surface area contributed by atoms with Gasteiger partial charge in [0.25, 0.3) is 0 Å². The van der Waals surface area contributed by atoms with Gasteiger partial charge in [0.15, 0.2) is 5.13 Å². The predicted molar refractivity (Wildman–Crippen MR) is 81.6 cm³/mol. The fourth-order valence-electron chi connectivity index (χ4n) is 1.66. The Morgan fingerprint density at radius 1 is 1.38 bits per heavy atom. The minimum absolute atomic E-state index is 0.0944. The number of aromatic nitrogens is 1. The zero-order valence-electron chi connectivity index (χ0n) is 11.3. The number of ether oxygens (including phenoxy) is 1. The Kier molecular flexibility index (Phi) is 5.30. The number of carbonyl (C=O) groups is 2. The maximum Gasteiger partial charge on any atom is 0.311 e. The van der Waals surface area contributed by atoms with Crippen LogP contribution in [0.4, 0.5) is 5.13 Å². The molecule has 0 saturated carbocycles. The SMILES string of the molecule is COC(=O)Cc1csc(NC(=O)Cc2cccc(Cl)c2)n1. The van der Waals surface area contributed by atoms with Crippen molar-refractivity contribution in [2.75, 3.05) is 12.4 Å². The molecule has 0 radical (unpaired) electrons. The average Bonchev–Trinajstić information content (AvgIpc) is 2.85. The normalized spacial score (nSPS) is 10.2. The molecule has 110 valence electrons. The largest absolute Gasteiger partial charge is 0.469 e. The smallest absolute Gasteiger partial charge is 0.311 e. The van der Waals surface area contributed by atoms with Gasteiger partial charge in [-0.15, -0.1) is 11.3 Å². The second kappa shape index (κ2) is 7.19. The first-order valence-electron chi connectivity index (χ1n) is 6.12. The Hall–Kier alpha value is -1.92. The van der Waals surface area contributed by atoms with Gasteiger partial charge >= 0.3 is 5.97 Å². The van der Waals surface area contributed by atoms with E-state index in [1.807, 2.05) is 6.07 Å². The lowest BCUT2D eigenvalue weighted by Crippen LogP contribution is -2.14. The summed E-state index contributed by atoms with van der Waals surface area (Å²) in [6, 6.07) is 7.12. The van der Waals surface area contributed by atoms with Gasteiger partial charge in [-0.05, 0) is 17.7 Å². The van der Waals surface area contributed by atoms with E-state index in [1.165, 1.54) is 18.4 Å². The van der Waals surface area contributed by atoms with Crippen LogP contribution in [0.15, 0.2) is 29.6 Å². The predicted octanol–water partition coefficient (Wildman–Crippen LogP) is 2.69. The summed E-state index contributed by atoms with van der Waals surface area (Å²) in [7, 11) is 1.32. The Labute approximate surface area is 130 Å². The molecule has 1 amide bonds. The third-order valence-corrected chi connectivity index (χ3v) is 3.65. The van der Waals surface area contributed by atoms with Crippen LogP contribution in [0.25, 0.3) is 0 Å². The van der Waals surface area contributed by atoms with Crippen molar-refractivity contribution >= 4 is 39.9 Å². The van der Waals surface area contributed by atoms with Crippen molar-refractivity contribution in [2.24, 2.45) is 0 Å². The zero-order valence-corrected chi connectivity index (χ0v) is 12.8. The quantitative estimate of drug-likeness (QED) is 0.859. The lowest BCUT2D eigenvalue weighted by Gasteiger charge is -2.02. The number of hydrogen-bond acceptors (Lipinski definition) is 5. The molecule has 0 atom stereocenters. The van der Waals surface area contributed by atoms with Crippen LogP contribution in [0.3, 0.4) is 0 Å².